The molecule has 0 aromatic heterocycles. The van der Waals surface area contributed by atoms with Gasteiger partial charge >= 0.3 is 0 Å². The van der Waals surface area contributed by atoms with Gasteiger partial charge in [0.15, 0.2) is 0 Å². The maximum atomic E-state index is 2.47. The minimum absolute atomic E-state index is 0.0556. The van der Waals surface area contributed by atoms with Gasteiger partial charge in [-0.3, -0.25) is 0 Å². The predicted molar refractivity (Wildman–Crippen MR) is 195 cm³/mol. The van der Waals surface area contributed by atoms with E-state index in [9.17, 15) is 0 Å². The number of rotatable bonds is 2. The molecule has 0 fully saturated rings. The van der Waals surface area contributed by atoms with Crippen LogP contribution in [0.15, 0.2) is 103 Å². The molecule has 0 N–H and O–H groups in total. The Morgan fingerprint density at radius 2 is 0.864 bits per heavy atom. The van der Waals surface area contributed by atoms with Gasteiger partial charge in [-0.15, -0.1) is 0 Å². The maximum absolute atomic E-state index is 2.47. The quantitative estimate of drug-likeness (QED) is 0.143. The standard InChI is InChI=1S/C44H44/c1-42(2,3)29-19-17-27(18-20-29)32-13-10-11-14-33(32)34-21-22-37-39-26-31(44(7,8)9)24-28-23-30(43(4,5)6)25-38(40(28)39)36-16-12-15-35(34)41(36)37/h10-26H,1-9H3. The van der Waals surface area contributed by atoms with Crippen molar-refractivity contribution in [1.82, 2.24) is 0 Å². The van der Waals surface area contributed by atoms with Gasteiger partial charge in [0.1, 0.15) is 0 Å². The Labute approximate surface area is 263 Å². The maximum Gasteiger partial charge on any atom is -0.00201 e. The summed E-state index contributed by atoms with van der Waals surface area (Å²) in [4.78, 5) is 0. The zero-order valence-electron chi connectivity index (χ0n) is 27.8. The van der Waals surface area contributed by atoms with E-state index in [-0.39, 0.29) is 16.2 Å². The Bertz CT molecular complexity index is 2120. The Morgan fingerprint density at radius 3 is 1.43 bits per heavy atom. The van der Waals surface area contributed by atoms with Crippen LogP contribution in [0.25, 0.3) is 65.3 Å². The molecule has 0 bridgehead atoms. The molecule has 220 valence electrons. The van der Waals surface area contributed by atoms with Crippen molar-refractivity contribution >= 4 is 43.1 Å². The molecular formula is C44H44. The first-order valence-corrected chi connectivity index (χ1v) is 16.1. The van der Waals surface area contributed by atoms with Gasteiger partial charge in [0.25, 0.3) is 0 Å². The highest BCUT2D eigenvalue weighted by Crippen LogP contribution is 2.47. The molecule has 0 spiro atoms. The van der Waals surface area contributed by atoms with Crippen LogP contribution in [0.1, 0.15) is 79.0 Å². The molecule has 7 rings (SSSR count). The topological polar surface area (TPSA) is 0 Å². The van der Waals surface area contributed by atoms with Crippen molar-refractivity contribution in [3.05, 3.63) is 120 Å². The average Bonchev–Trinajstić information content (AvgIpc) is 2.97. The van der Waals surface area contributed by atoms with E-state index < -0.39 is 0 Å². The number of hydrogen-bond donors (Lipinski definition) is 0. The lowest BCUT2D eigenvalue weighted by atomic mass is 9.78. The van der Waals surface area contributed by atoms with Crippen molar-refractivity contribution in [2.24, 2.45) is 0 Å². The lowest BCUT2D eigenvalue weighted by Gasteiger charge is -2.25. The van der Waals surface area contributed by atoms with Crippen LogP contribution in [0.3, 0.4) is 0 Å². The number of fused-ring (bicyclic) bond motifs is 2. The second-order valence-corrected chi connectivity index (χ2v) is 15.9. The van der Waals surface area contributed by atoms with Crippen molar-refractivity contribution in [1.29, 1.82) is 0 Å². The van der Waals surface area contributed by atoms with E-state index in [1.807, 2.05) is 0 Å². The summed E-state index contributed by atoms with van der Waals surface area (Å²) in [6, 6.07) is 39.6. The zero-order chi connectivity index (χ0) is 31.2. The van der Waals surface area contributed by atoms with E-state index in [4.69, 9.17) is 0 Å². The van der Waals surface area contributed by atoms with Crippen LogP contribution in [0.2, 0.25) is 0 Å². The van der Waals surface area contributed by atoms with Crippen LogP contribution in [0.4, 0.5) is 0 Å². The van der Waals surface area contributed by atoms with E-state index in [0.717, 1.165) is 0 Å². The third kappa shape index (κ3) is 4.58. The third-order valence-corrected chi connectivity index (χ3v) is 9.68. The minimum Gasteiger partial charge on any atom is -0.0616 e. The Hall–Kier alpha value is -4.16. The van der Waals surface area contributed by atoms with E-state index in [1.165, 1.54) is 82.0 Å². The summed E-state index contributed by atoms with van der Waals surface area (Å²) in [5.41, 5.74) is 9.48. The van der Waals surface area contributed by atoms with Crippen molar-refractivity contribution < 1.29 is 0 Å². The SMILES string of the molecule is CC(C)(C)c1ccc(-c2ccccc2-c2ccc3c4cc(C(C)(C)C)cc5cc(C(C)(C)C)cc(c6cccc2c63)c54)cc1. The van der Waals surface area contributed by atoms with Gasteiger partial charge in [-0.05, 0) is 110 Å². The van der Waals surface area contributed by atoms with E-state index in [2.05, 4.69) is 165 Å². The van der Waals surface area contributed by atoms with Crippen LogP contribution in [0, 0.1) is 0 Å². The van der Waals surface area contributed by atoms with E-state index in [0.29, 0.717) is 0 Å². The van der Waals surface area contributed by atoms with Crippen LogP contribution in [-0.4, -0.2) is 0 Å². The molecule has 0 radical (unpaired) electrons. The Morgan fingerprint density at radius 1 is 0.341 bits per heavy atom. The Balaban J connectivity index is 1.57. The normalized spacial score (nSPS) is 13.1. The summed E-state index contributed by atoms with van der Waals surface area (Å²) in [5.74, 6) is 0. The van der Waals surface area contributed by atoms with Crippen LogP contribution in [0.5, 0.6) is 0 Å². The molecule has 0 heteroatoms. The summed E-state index contributed by atoms with van der Waals surface area (Å²) in [7, 11) is 0. The average molecular weight is 573 g/mol. The summed E-state index contributed by atoms with van der Waals surface area (Å²) < 4.78 is 0. The van der Waals surface area contributed by atoms with Gasteiger partial charge in [0.05, 0.1) is 0 Å². The fraction of sp³-hybridized carbons (Fsp3) is 0.273. The highest BCUT2D eigenvalue weighted by atomic mass is 14.3. The highest BCUT2D eigenvalue weighted by molar-refractivity contribution is 6.34. The second kappa shape index (κ2) is 9.67. The van der Waals surface area contributed by atoms with Gasteiger partial charge in [0, 0.05) is 0 Å². The molecule has 44 heavy (non-hydrogen) atoms. The molecule has 0 saturated carbocycles. The van der Waals surface area contributed by atoms with Gasteiger partial charge < -0.3 is 0 Å². The lowest BCUT2D eigenvalue weighted by molar-refractivity contribution is 0.590. The predicted octanol–water partition coefficient (Wildman–Crippen LogP) is 13.0. The van der Waals surface area contributed by atoms with Crippen LogP contribution in [-0.2, 0) is 16.2 Å². The molecule has 7 aromatic rings. The number of benzene rings is 7. The first kappa shape index (κ1) is 28.6. The largest absolute Gasteiger partial charge is 0.0616 e. The molecule has 7 aromatic carbocycles. The molecule has 0 heterocycles. The summed E-state index contributed by atoms with van der Waals surface area (Å²) in [6.45, 7) is 20.8. The number of hydrogen-bond acceptors (Lipinski definition) is 0. The molecule has 0 atom stereocenters. The van der Waals surface area contributed by atoms with Gasteiger partial charge in [-0.25, -0.2) is 0 Å². The first-order valence-electron chi connectivity index (χ1n) is 16.1. The summed E-state index contributed by atoms with van der Waals surface area (Å²) >= 11 is 0. The van der Waals surface area contributed by atoms with Crippen molar-refractivity contribution in [3.63, 3.8) is 0 Å². The van der Waals surface area contributed by atoms with Crippen molar-refractivity contribution in [2.75, 3.05) is 0 Å². The van der Waals surface area contributed by atoms with Gasteiger partial charge in [-0.1, -0.05) is 153 Å². The fourth-order valence-corrected chi connectivity index (χ4v) is 7.02. The van der Waals surface area contributed by atoms with E-state index in [1.54, 1.807) is 0 Å². The van der Waals surface area contributed by atoms with Crippen LogP contribution < -0.4 is 0 Å². The first-order chi connectivity index (χ1) is 20.7. The zero-order valence-corrected chi connectivity index (χ0v) is 27.8. The fourth-order valence-electron chi connectivity index (χ4n) is 7.02. The monoisotopic (exact) mass is 572 g/mol. The molecule has 0 amide bonds. The van der Waals surface area contributed by atoms with Gasteiger partial charge in [0.2, 0.25) is 0 Å². The second-order valence-electron chi connectivity index (χ2n) is 15.9. The smallest absolute Gasteiger partial charge is 0.00201 e. The summed E-state index contributed by atoms with van der Waals surface area (Å²) in [6.07, 6.45) is 0. The van der Waals surface area contributed by atoms with Crippen molar-refractivity contribution in [2.45, 2.75) is 78.6 Å². The molecule has 0 aliphatic carbocycles. The molecule has 0 nitrogen and oxygen atoms in total. The van der Waals surface area contributed by atoms with E-state index >= 15 is 0 Å². The highest BCUT2D eigenvalue weighted by Gasteiger charge is 2.23. The Kier molecular flexibility index (Phi) is 6.29. The van der Waals surface area contributed by atoms with Crippen molar-refractivity contribution in [3.8, 4) is 22.3 Å². The molecule has 0 aliphatic rings. The molecule has 0 aliphatic heterocycles. The van der Waals surface area contributed by atoms with Gasteiger partial charge in [-0.2, -0.15) is 0 Å². The molecular weight excluding hydrogens is 528 g/mol. The molecule has 0 unspecified atom stereocenters. The van der Waals surface area contributed by atoms with Crippen LogP contribution >= 0.6 is 0 Å². The summed E-state index contributed by atoms with van der Waals surface area (Å²) in [5, 5.41) is 10.8. The molecule has 0 saturated heterocycles. The third-order valence-electron chi connectivity index (χ3n) is 9.68. The lowest BCUT2D eigenvalue weighted by Crippen LogP contribution is -2.12. The minimum atomic E-state index is 0.0556.